The summed E-state index contributed by atoms with van der Waals surface area (Å²) in [5.41, 5.74) is 2.17. The van der Waals surface area contributed by atoms with Gasteiger partial charge in [-0.1, -0.05) is 26.0 Å². The average Bonchev–Trinajstić information content (AvgIpc) is 2.42. The summed E-state index contributed by atoms with van der Waals surface area (Å²) >= 11 is 0. The Morgan fingerprint density at radius 1 is 1.19 bits per heavy atom. The molecule has 1 aromatic rings. The first-order valence-corrected chi connectivity index (χ1v) is 7.09. The van der Waals surface area contributed by atoms with Crippen molar-refractivity contribution >= 4 is 17.6 Å². The minimum Gasteiger partial charge on any atom is -0.480 e. The van der Waals surface area contributed by atoms with Gasteiger partial charge in [-0.15, -0.1) is 0 Å². The summed E-state index contributed by atoms with van der Waals surface area (Å²) in [5, 5.41) is 11.6. The number of benzene rings is 1. The molecule has 0 heterocycles. The predicted octanol–water partition coefficient (Wildman–Crippen LogP) is 1.91. The van der Waals surface area contributed by atoms with E-state index in [0.717, 1.165) is 11.3 Å². The fourth-order valence-corrected chi connectivity index (χ4v) is 1.98. The van der Waals surface area contributed by atoms with Gasteiger partial charge in [-0.3, -0.25) is 4.79 Å². The maximum Gasteiger partial charge on any atom is 0.326 e. The van der Waals surface area contributed by atoms with Gasteiger partial charge in [0.1, 0.15) is 6.04 Å². The van der Waals surface area contributed by atoms with Crippen LogP contribution in [-0.4, -0.2) is 37.1 Å². The van der Waals surface area contributed by atoms with E-state index in [9.17, 15) is 9.59 Å². The minimum atomic E-state index is -0.992. The van der Waals surface area contributed by atoms with Gasteiger partial charge in [0.05, 0.1) is 0 Å². The van der Waals surface area contributed by atoms with Crippen LogP contribution in [0.1, 0.15) is 25.8 Å². The van der Waals surface area contributed by atoms with Gasteiger partial charge in [-0.2, -0.15) is 0 Å². The summed E-state index contributed by atoms with van der Waals surface area (Å²) in [6.07, 6.45) is 0.891. The van der Waals surface area contributed by atoms with Crippen LogP contribution in [0.2, 0.25) is 0 Å². The molecule has 2 N–H and O–H groups in total. The van der Waals surface area contributed by atoms with Crippen molar-refractivity contribution in [3.8, 4) is 0 Å². The quantitative estimate of drug-likeness (QED) is 0.805. The standard InChI is InChI=1S/C16H24N2O3/c1-11(2)15(16(20)21)17-14(19)10-7-12-5-8-13(9-6-12)18(3)4/h5-6,8-9,11,15H,7,10H2,1-4H3,(H,17,19)(H,20,21). The molecule has 0 spiro atoms. The van der Waals surface area contributed by atoms with Crippen molar-refractivity contribution < 1.29 is 14.7 Å². The van der Waals surface area contributed by atoms with E-state index in [2.05, 4.69) is 5.32 Å². The maximum atomic E-state index is 11.8. The number of aliphatic carboxylic acids is 1. The SMILES string of the molecule is CC(C)C(NC(=O)CCc1ccc(N(C)C)cc1)C(=O)O. The second-order valence-corrected chi connectivity index (χ2v) is 5.69. The molecule has 1 amide bonds. The minimum absolute atomic E-state index is 0.133. The first-order valence-electron chi connectivity index (χ1n) is 7.09. The highest BCUT2D eigenvalue weighted by atomic mass is 16.4. The topological polar surface area (TPSA) is 69.6 Å². The summed E-state index contributed by atoms with van der Waals surface area (Å²) in [5.74, 6) is -1.35. The van der Waals surface area contributed by atoms with Crippen LogP contribution in [0.15, 0.2) is 24.3 Å². The van der Waals surface area contributed by atoms with E-state index in [4.69, 9.17) is 5.11 Å². The van der Waals surface area contributed by atoms with Gasteiger partial charge >= 0.3 is 5.97 Å². The molecule has 0 aliphatic heterocycles. The Kier molecular flexibility index (Phi) is 6.21. The smallest absolute Gasteiger partial charge is 0.326 e. The molecule has 1 unspecified atom stereocenters. The van der Waals surface area contributed by atoms with Crippen LogP contribution in [0.5, 0.6) is 0 Å². The molecule has 21 heavy (non-hydrogen) atoms. The maximum absolute atomic E-state index is 11.8. The predicted molar refractivity (Wildman–Crippen MR) is 83.5 cm³/mol. The molecule has 0 bridgehead atoms. The summed E-state index contributed by atoms with van der Waals surface area (Å²) < 4.78 is 0. The molecule has 1 atom stereocenters. The van der Waals surface area contributed by atoms with Crippen LogP contribution in [0.25, 0.3) is 0 Å². The molecule has 5 nitrogen and oxygen atoms in total. The first-order chi connectivity index (χ1) is 9.81. The Labute approximate surface area is 126 Å². The molecule has 0 aliphatic rings. The van der Waals surface area contributed by atoms with Crippen molar-refractivity contribution in [3.05, 3.63) is 29.8 Å². The van der Waals surface area contributed by atoms with Gasteiger partial charge in [-0.05, 0) is 30.0 Å². The van der Waals surface area contributed by atoms with E-state index in [0.29, 0.717) is 6.42 Å². The lowest BCUT2D eigenvalue weighted by molar-refractivity contribution is -0.143. The number of hydrogen-bond acceptors (Lipinski definition) is 3. The van der Waals surface area contributed by atoms with Crippen LogP contribution in [0, 0.1) is 5.92 Å². The molecule has 0 aromatic heterocycles. The van der Waals surface area contributed by atoms with Crippen molar-refractivity contribution in [2.75, 3.05) is 19.0 Å². The van der Waals surface area contributed by atoms with E-state index in [-0.39, 0.29) is 18.2 Å². The summed E-state index contributed by atoms with van der Waals surface area (Å²) in [7, 11) is 3.95. The number of hydrogen-bond donors (Lipinski definition) is 2. The van der Waals surface area contributed by atoms with Crippen molar-refractivity contribution in [1.82, 2.24) is 5.32 Å². The molecule has 1 rings (SSSR count). The highest BCUT2D eigenvalue weighted by molar-refractivity contribution is 5.83. The fraction of sp³-hybridized carbons (Fsp3) is 0.500. The Morgan fingerprint density at radius 2 is 1.76 bits per heavy atom. The van der Waals surface area contributed by atoms with Crippen molar-refractivity contribution in [1.29, 1.82) is 0 Å². The highest BCUT2D eigenvalue weighted by Gasteiger charge is 2.22. The number of rotatable bonds is 7. The zero-order chi connectivity index (χ0) is 16.0. The number of anilines is 1. The van der Waals surface area contributed by atoms with Crippen LogP contribution in [0.3, 0.4) is 0 Å². The zero-order valence-electron chi connectivity index (χ0n) is 13.1. The van der Waals surface area contributed by atoms with Gasteiger partial charge in [0.2, 0.25) is 5.91 Å². The van der Waals surface area contributed by atoms with Crippen LogP contribution < -0.4 is 10.2 Å². The number of carboxylic acid groups (broad SMARTS) is 1. The Morgan fingerprint density at radius 3 is 2.19 bits per heavy atom. The number of amides is 1. The largest absolute Gasteiger partial charge is 0.480 e. The molecular formula is C16H24N2O3. The number of carbonyl (C=O) groups excluding carboxylic acids is 1. The van der Waals surface area contributed by atoms with E-state index >= 15 is 0 Å². The van der Waals surface area contributed by atoms with E-state index in [1.807, 2.05) is 43.3 Å². The lowest BCUT2D eigenvalue weighted by Gasteiger charge is -2.18. The van der Waals surface area contributed by atoms with Gasteiger partial charge < -0.3 is 15.3 Å². The van der Waals surface area contributed by atoms with Crippen molar-refractivity contribution in [2.24, 2.45) is 5.92 Å². The summed E-state index contributed by atoms with van der Waals surface area (Å²) in [4.78, 5) is 24.9. The highest BCUT2D eigenvalue weighted by Crippen LogP contribution is 2.13. The lowest BCUT2D eigenvalue weighted by Crippen LogP contribution is -2.44. The third-order valence-corrected chi connectivity index (χ3v) is 3.34. The number of carbonyl (C=O) groups is 2. The normalized spacial score (nSPS) is 12.0. The molecule has 0 radical (unpaired) electrons. The Bertz CT molecular complexity index is 481. The van der Waals surface area contributed by atoms with Gasteiger partial charge in [0, 0.05) is 26.2 Å². The van der Waals surface area contributed by atoms with E-state index < -0.39 is 12.0 Å². The number of carboxylic acids is 1. The fourth-order valence-electron chi connectivity index (χ4n) is 1.98. The molecule has 0 aliphatic carbocycles. The third-order valence-electron chi connectivity index (χ3n) is 3.34. The summed E-state index contributed by atoms with van der Waals surface area (Å²) in [6, 6.07) is 7.15. The molecule has 5 heteroatoms. The third kappa shape index (κ3) is 5.45. The monoisotopic (exact) mass is 292 g/mol. The van der Waals surface area contributed by atoms with Gasteiger partial charge in [0.15, 0.2) is 0 Å². The molecule has 0 fully saturated rings. The Balaban J connectivity index is 2.51. The van der Waals surface area contributed by atoms with Gasteiger partial charge in [-0.25, -0.2) is 4.79 Å². The van der Waals surface area contributed by atoms with E-state index in [1.54, 1.807) is 13.8 Å². The zero-order valence-corrected chi connectivity index (χ0v) is 13.1. The molecule has 0 saturated heterocycles. The van der Waals surface area contributed by atoms with Crippen LogP contribution in [0.4, 0.5) is 5.69 Å². The first kappa shape index (κ1) is 17.0. The number of nitrogens with one attached hydrogen (secondary N) is 1. The number of aryl methyl sites for hydroxylation is 1. The lowest BCUT2D eigenvalue weighted by atomic mass is 10.0. The molecule has 1 aromatic carbocycles. The molecular weight excluding hydrogens is 268 g/mol. The van der Waals surface area contributed by atoms with E-state index in [1.165, 1.54) is 0 Å². The summed E-state index contributed by atoms with van der Waals surface area (Å²) in [6.45, 7) is 3.55. The van der Waals surface area contributed by atoms with Gasteiger partial charge in [0.25, 0.3) is 0 Å². The average molecular weight is 292 g/mol. The molecule has 0 saturated carbocycles. The van der Waals surface area contributed by atoms with Crippen LogP contribution >= 0.6 is 0 Å². The van der Waals surface area contributed by atoms with Crippen molar-refractivity contribution in [3.63, 3.8) is 0 Å². The molecule has 116 valence electrons. The number of nitrogens with zero attached hydrogens (tertiary/aromatic N) is 1. The van der Waals surface area contributed by atoms with Crippen molar-refractivity contribution in [2.45, 2.75) is 32.7 Å². The Hall–Kier alpha value is -2.04. The van der Waals surface area contributed by atoms with Crippen LogP contribution in [-0.2, 0) is 16.0 Å². The second kappa shape index (κ2) is 7.67. The second-order valence-electron chi connectivity index (χ2n) is 5.69.